The van der Waals surface area contributed by atoms with Crippen LogP contribution in [0.15, 0.2) is 188 Å². The van der Waals surface area contributed by atoms with Crippen molar-refractivity contribution in [1.29, 1.82) is 0 Å². The van der Waals surface area contributed by atoms with Crippen LogP contribution >= 0.6 is 0 Å². The summed E-state index contributed by atoms with van der Waals surface area (Å²) in [7, 11) is 8.37. The number of ether oxygens (including phenoxy) is 9. The van der Waals surface area contributed by atoms with E-state index in [0.717, 1.165) is 100 Å². The summed E-state index contributed by atoms with van der Waals surface area (Å²) in [6.45, 7) is 9.14. The molecule has 10 aromatic rings. The highest BCUT2D eigenvalue weighted by Crippen LogP contribution is 2.61. The number of hydrogen-bond donors (Lipinski definition) is 0. The molecular formula is C76H64O10. The highest BCUT2D eigenvalue weighted by Gasteiger charge is 2.47. The maximum absolute atomic E-state index is 14.1. The Kier molecular flexibility index (Phi) is 12.8. The van der Waals surface area contributed by atoms with Gasteiger partial charge in [0.05, 0.1) is 41.1 Å². The normalized spacial score (nSPS) is 17.6. The highest BCUT2D eigenvalue weighted by atomic mass is 16.6. The maximum atomic E-state index is 14.1. The van der Waals surface area contributed by atoms with E-state index in [2.05, 4.69) is 113 Å². The quantitative estimate of drug-likeness (QED) is 0.0773. The molecule has 10 nitrogen and oxygen atoms in total. The summed E-state index contributed by atoms with van der Waals surface area (Å²) in [6.07, 6.45) is 8.78. The lowest BCUT2D eigenvalue weighted by Crippen LogP contribution is -2.35. The maximum Gasteiger partial charge on any atom is 0.338 e. The smallest absolute Gasteiger partial charge is 0.338 e. The zero-order valence-corrected chi connectivity index (χ0v) is 49.5. The van der Waals surface area contributed by atoms with Crippen molar-refractivity contribution in [2.24, 2.45) is 0 Å². The Labute approximate surface area is 500 Å². The van der Waals surface area contributed by atoms with E-state index in [1.807, 2.05) is 115 Å². The molecule has 0 amide bonds. The lowest BCUT2D eigenvalue weighted by molar-refractivity contribution is 0.0450. The van der Waals surface area contributed by atoms with Crippen LogP contribution in [0.4, 0.5) is 0 Å². The summed E-state index contributed by atoms with van der Waals surface area (Å²) >= 11 is 0. The zero-order chi connectivity index (χ0) is 59.3. The zero-order valence-electron chi connectivity index (χ0n) is 49.5. The minimum Gasteiger partial charge on any atom is -0.497 e. The minimum absolute atomic E-state index is 0.0327. The van der Waals surface area contributed by atoms with Gasteiger partial charge in [-0.25, -0.2) is 4.79 Å². The number of benzene rings is 10. The van der Waals surface area contributed by atoms with Gasteiger partial charge in [0, 0.05) is 55.0 Å². The van der Waals surface area contributed by atoms with Crippen molar-refractivity contribution in [3.05, 3.63) is 249 Å². The second kappa shape index (κ2) is 20.4. The summed E-state index contributed by atoms with van der Waals surface area (Å²) in [5, 5.41) is 3.86. The van der Waals surface area contributed by atoms with E-state index in [0.29, 0.717) is 28.6 Å². The Morgan fingerprint density at radius 2 is 0.872 bits per heavy atom. The molecule has 0 bridgehead atoms. The van der Waals surface area contributed by atoms with Crippen LogP contribution in [0, 0.1) is 0 Å². The molecule has 0 spiro atoms. The van der Waals surface area contributed by atoms with Crippen molar-refractivity contribution in [3.63, 3.8) is 0 Å². The summed E-state index contributed by atoms with van der Waals surface area (Å²) in [6, 6.07) is 59.1. The van der Waals surface area contributed by atoms with Gasteiger partial charge in [-0.1, -0.05) is 137 Å². The van der Waals surface area contributed by atoms with E-state index in [1.54, 1.807) is 35.5 Å². The minimum atomic E-state index is -0.999. The molecule has 86 heavy (non-hydrogen) atoms. The summed E-state index contributed by atoms with van der Waals surface area (Å²) in [5.41, 5.74) is 12.2. The van der Waals surface area contributed by atoms with Crippen LogP contribution in [0.1, 0.15) is 93.7 Å². The Morgan fingerprint density at radius 3 is 1.42 bits per heavy atom. The molecular weight excluding hydrogens is 1070 g/mol. The van der Waals surface area contributed by atoms with Crippen LogP contribution in [0.2, 0.25) is 0 Å². The molecule has 0 radical (unpaired) electrons. The van der Waals surface area contributed by atoms with Crippen LogP contribution in [-0.4, -0.2) is 54.7 Å². The first-order valence-electron chi connectivity index (χ1n) is 29.0. The van der Waals surface area contributed by atoms with Gasteiger partial charge >= 0.3 is 5.97 Å². The van der Waals surface area contributed by atoms with E-state index < -0.39 is 22.6 Å². The van der Waals surface area contributed by atoms with Crippen molar-refractivity contribution >= 4 is 39.7 Å². The van der Waals surface area contributed by atoms with Crippen LogP contribution in [0.5, 0.6) is 46.0 Å². The molecule has 428 valence electrons. The Hall–Kier alpha value is -9.93. The van der Waals surface area contributed by atoms with Gasteiger partial charge in [-0.3, -0.25) is 0 Å². The number of rotatable bonds is 14. The first-order chi connectivity index (χ1) is 41.8. The molecule has 0 N–H and O–H groups in total. The van der Waals surface area contributed by atoms with E-state index in [1.165, 1.54) is 22.3 Å². The van der Waals surface area contributed by atoms with Crippen LogP contribution in [0.3, 0.4) is 0 Å². The average Bonchev–Trinajstić information content (AvgIpc) is 1.48. The van der Waals surface area contributed by atoms with Gasteiger partial charge in [0.15, 0.2) is 22.7 Å². The van der Waals surface area contributed by atoms with Gasteiger partial charge in [-0.15, -0.1) is 0 Å². The average molecular weight is 1140 g/mol. The predicted molar refractivity (Wildman–Crippen MR) is 338 cm³/mol. The monoisotopic (exact) mass is 1140 g/mol. The number of hydrogen-bond acceptors (Lipinski definition) is 10. The Balaban J connectivity index is 0.739. The third kappa shape index (κ3) is 8.17. The van der Waals surface area contributed by atoms with Crippen LogP contribution in [-0.2, 0) is 26.8 Å². The lowest BCUT2D eigenvalue weighted by atomic mass is 9.76. The molecule has 0 aromatic heterocycles. The highest BCUT2D eigenvalue weighted by molar-refractivity contribution is 6.11. The molecule has 2 aliphatic carbocycles. The van der Waals surface area contributed by atoms with Crippen molar-refractivity contribution in [3.8, 4) is 68.2 Å². The van der Waals surface area contributed by atoms with Crippen molar-refractivity contribution in [2.45, 2.75) is 49.7 Å². The van der Waals surface area contributed by atoms with Crippen molar-refractivity contribution in [1.82, 2.24) is 0 Å². The van der Waals surface area contributed by atoms with Gasteiger partial charge in [0.25, 0.3) is 0 Å². The first-order valence-corrected chi connectivity index (χ1v) is 29.0. The molecule has 0 fully saturated rings. The Bertz CT molecular complexity index is 4450. The van der Waals surface area contributed by atoms with Gasteiger partial charge in [-0.05, 0) is 146 Å². The molecule has 10 heteroatoms. The third-order valence-corrected chi connectivity index (χ3v) is 18.2. The van der Waals surface area contributed by atoms with E-state index in [4.69, 9.17) is 42.6 Å². The fraction of sp³-hybridized carbons (Fsp3) is 0.197. The summed E-state index contributed by atoms with van der Waals surface area (Å²) < 4.78 is 56.4. The second-order valence-electron chi connectivity index (χ2n) is 23.4. The number of carbonyl (C=O) groups excluding carboxylic acids is 1. The number of esters is 1. The van der Waals surface area contributed by atoms with Crippen molar-refractivity contribution in [2.75, 3.05) is 48.8 Å². The van der Waals surface area contributed by atoms with Crippen molar-refractivity contribution < 1.29 is 47.4 Å². The molecule has 14 rings (SSSR count). The standard InChI is InChI=1S/C76H64O10/c1-73(2)62-40-45(20-31-55(62)67-59-43-64(81-8)65(82-9)44-61(59)71-58(69(67)73)35-37-75(86-71,46-16-12-10-13-17-46)48-21-25-50(78-5)26-22-48)72(77)84-39-38-83-51-27-23-49(24-28-51)76(47-18-14-11-15-19-47)36-34-57-68-66(54-32-29-52(79-6)41-60(54)70(57)85-76)56-33-30-53(80-7)42-63(56)74(68,3)4/h10-37,40-44H,38-39H2,1-9H3. The number of carbonyl (C=O) groups is 1. The largest absolute Gasteiger partial charge is 0.497 e. The molecule has 2 unspecified atom stereocenters. The van der Waals surface area contributed by atoms with Gasteiger partial charge in [-0.2, -0.15) is 0 Å². The van der Waals surface area contributed by atoms with E-state index in [-0.39, 0.29) is 18.6 Å². The van der Waals surface area contributed by atoms with Gasteiger partial charge in [0.1, 0.15) is 47.7 Å². The molecule has 10 aromatic carbocycles. The third-order valence-electron chi connectivity index (χ3n) is 18.2. The molecule has 0 saturated heterocycles. The number of fused-ring (bicyclic) bond motifs is 16. The topological polar surface area (TPSA) is 100 Å². The molecule has 0 saturated carbocycles. The van der Waals surface area contributed by atoms with Gasteiger partial charge in [0.2, 0.25) is 0 Å². The molecule has 2 heterocycles. The molecule has 4 aliphatic rings. The Morgan fingerprint density at radius 1 is 0.419 bits per heavy atom. The predicted octanol–water partition coefficient (Wildman–Crippen LogP) is 16.6. The fourth-order valence-electron chi connectivity index (χ4n) is 14.0. The molecule has 2 atom stereocenters. The van der Waals surface area contributed by atoms with Gasteiger partial charge < -0.3 is 42.6 Å². The van der Waals surface area contributed by atoms with E-state index >= 15 is 0 Å². The van der Waals surface area contributed by atoms with Crippen LogP contribution in [0.25, 0.3) is 56.0 Å². The fourth-order valence-corrected chi connectivity index (χ4v) is 14.0. The summed E-state index contributed by atoms with van der Waals surface area (Å²) in [5.74, 6) is 5.18. The van der Waals surface area contributed by atoms with E-state index in [9.17, 15) is 4.79 Å². The summed E-state index contributed by atoms with van der Waals surface area (Å²) in [4.78, 5) is 14.1. The second-order valence-corrected chi connectivity index (χ2v) is 23.4. The van der Waals surface area contributed by atoms with Crippen LogP contribution < -0.4 is 37.9 Å². The SMILES string of the molecule is COc1ccc(C2(c3ccccc3)C=Cc3c4c(c5cc(OC)c(OC)cc5c3O2)-c2ccc(C(=O)OCCOc3ccc(C5(c6ccccc6)C=Cc6c7c(c8ccc(OC)cc8c6O5)-c5ccc(OC)cc5C7(C)C)cc3)cc2C4(C)C)cc1. The number of methoxy groups -OCH3 is 5. The first kappa shape index (κ1) is 54.0. The molecule has 2 aliphatic heterocycles. The lowest BCUT2D eigenvalue weighted by Gasteiger charge is -2.38.